The van der Waals surface area contributed by atoms with Crippen LogP contribution in [0.3, 0.4) is 0 Å². The lowest BCUT2D eigenvalue weighted by atomic mass is 9.87. The number of carbonyl (C=O) groups is 1. The second-order valence-corrected chi connectivity index (χ2v) is 8.21. The maximum absolute atomic E-state index is 14.3. The molecule has 0 saturated carbocycles. The van der Waals surface area contributed by atoms with Crippen molar-refractivity contribution in [1.82, 2.24) is 19.7 Å². The third-order valence-electron chi connectivity index (χ3n) is 6.26. The zero-order valence-electron chi connectivity index (χ0n) is 19.2. The summed E-state index contributed by atoms with van der Waals surface area (Å²) in [5.41, 5.74) is 2.05. The number of aryl methyl sites for hydroxylation is 1. The van der Waals surface area contributed by atoms with Crippen molar-refractivity contribution < 1.29 is 27.1 Å². The third-order valence-corrected chi connectivity index (χ3v) is 6.26. The van der Waals surface area contributed by atoms with E-state index in [2.05, 4.69) is 10.1 Å². The van der Waals surface area contributed by atoms with E-state index in [0.717, 1.165) is 23.8 Å². The van der Waals surface area contributed by atoms with E-state index in [9.17, 15) is 22.4 Å². The standard InChI is InChI=1S/C24H24F4N4O2/c1-5-14-10-15-21(30-31(3)22(15)12-7-16(25)20(28)17(26)8-12)19(6-2)32(14)24(33)13-9-18(27)23(34-4)29-11-13/h7-9,11,14,19H,5-6,10H2,1-4H3/t14?,19-/m0/s1. The van der Waals surface area contributed by atoms with Crippen LogP contribution < -0.4 is 4.74 Å². The summed E-state index contributed by atoms with van der Waals surface area (Å²) in [4.78, 5) is 19.0. The molecule has 0 saturated heterocycles. The number of carbonyl (C=O) groups excluding carboxylic acids is 1. The molecule has 4 rings (SSSR count). The van der Waals surface area contributed by atoms with Crippen LogP contribution >= 0.6 is 0 Å². The van der Waals surface area contributed by atoms with Gasteiger partial charge >= 0.3 is 0 Å². The molecule has 1 aliphatic heterocycles. The average molecular weight is 476 g/mol. The van der Waals surface area contributed by atoms with Gasteiger partial charge in [-0.05, 0) is 37.5 Å². The van der Waals surface area contributed by atoms with Gasteiger partial charge in [-0.25, -0.2) is 22.5 Å². The minimum atomic E-state index is -1.53. The minimum Gasteiger partial charge on any atom is -0.479 e. The molecule has 2 atom stereocenters. The summed E-state index contributed by atoms with van der Waals surface area (Å²) in [6, 6.07) is 2.24. The smallest absolute Gasteiger partial charge is 0.256 e. The predicted octanol–water partition coefficient (Wildman–Crippen LogP) is 4.98. The van der Waals surface area contributed by atoms with Crippen molar-refractivity contribution in [3.05, 3.63) is 64.5 Å². The molecule has 1 unspecified atom stereocenters. The van der Waals surface area contributed by atoms with E-state index in [0.29, 0.717) is 30.7 Å². The number of fused-ring (bicyclic) bond motifs is 1. The molecule has 0 fully saturated rings. The molecule has 1 amide bonds. The Kier molecular flexibility index (Phi) is 6.33. The topological polar surface area (TPSA) is 60.2 Å². The van der Waals surface area contributed by atoms with Crippen LogP contribution in [0.25, 0.3) is 11.3 Å². The molecule has 1 aliphatic rings. The summed E-state index contributed by atoms with van der Waals surface area (Å²) in [6.07, 6.45) is 2.72. The first kappa shape index (κ1) is 23.7. The van der Waals surface area contributed by atoms with Crippen LogP contribution in [-0.4, -0.2) is 38.7 Å². The molecule has 34 heavy (non-hydrogen) atoms. The highest BCUT2D eigenvalue weighted by molar-refractivity contribution is 5.95. The molecule has 1 aromatic carbocycles. The Morgan fingerprint density at radius 1 is 1.09 bits per heavy atom. The molecule has 10 heteroatoms. The van der Waals surface area contributed by atoms with Crippen molar-refractivity contribution in [3.8, 4) is 17.1 Å². The van der Waals surface area contributed by atoms with Crippen LogP contribution in [-0.2, 0) is 13.5 Å². The molecule has 0 radical (unpaired) electrons. The summed E-state index contributed by atoms with van der Waals surface area (Å²) < 4.78 is 62.1. The second-order valence-electron chi connectivity index (χ2n) is 8.21. The van der Waals surface area contributed by atoms with Crippen molar-refractivity contribution in [2.24, 2.45) is 7.05 Å². The Labute approximate surface area is 194 Å². The first-order valence-electron chi connectivity index (χ1n) is 10.9. The Balaban J connectivity index is 1.81. The largest absolute Gasteiger partial charge is 0.479 e. The second kappa shape index (κ2) is 9.08. The van der Waals surface area contributed by atoms with Crippen LogP contribution in [0.5, 0.6) is 5.88 Å². The highest BCUT2D eigenvalue weighted by Crippen LogP contribution is 2.41. The lowest BCUT2D eigenvalue weighted by Gasteiger charge is -2.41. The summed E-state index contributed by atoms with van der Waals surface area (Å²) in [5.74, 6) is -5.45. The lowest BCUT2D eigenvalue weighted by Crippen LogP contribution is -2.47. The zero-order chi connectivity index (χ0) is 24.7. The maximum Gasteiger partial charge on any atom is 0.256 e. The van der Waals surface area contributed by atoms with E-state index in [1.165, 1.54) is 18.0 Å². The molecular formula is C24H24F4N4O2. The SMILES string of the molecule is CCC1Cc2c(nn(C)c2-c2cc(F)c(F)c(F)c2)[C@H](CC)N1C(=O)c1cnc(OC)c(F)c1. The molecular weight excluding hydrogens is 452 g/mol. The summed E-state index contributed by atoms with van der Waals surface area (Å²) in [6.45, 7) is 3.81. The fraction of sp³-hybridized carbons (Fsp3) is 0.375. The van der Waals surface area contributed by atoms with Gasteiger partial charge in [0.15, 0.2) is 23.3 Å². The molecule has 6 nitrogen and oxygen atoms in total. The molecule has 180 valence electrons. The zero-order valence-corrected chi connectivity index (χ0v) is 19.2. The van der Waals surface area contributed by atoms with Crippen LogP contribution in [0.4, 0.5) is 17.6 Å². The molecule has 2 aromatic heterocycles. The van der Waals surface area contributed by atoms with E-state index in [1.807, 2.05) is 13.8 Å². The van der Waals surface area contributed by atoms with Crippen molar-refractivity contribution in [2.75, 3.05) is 7.11 Å². The quantitative estimate of drug-likeness (QED) is 0.385. The van der Waals surface area contributed by atoms with Crippen molar-refractivity contribution >= 4 is 5.91 Å². The fourth-order valence-electron chi connectivity index (χ4n) is 4.71. The number of pyridine rings is 1. The van der Waals surface area contributed by atoms with Gasteiger partial charge in [0.25, 0.3) is 5.91 Å². The number of benzene rings is 1. The number of ether oxygens (including phenoxy) is 1. The number of nitrogens with zero attached hydrogens (tertiary/aromatic N) is 4. The van der Waals surface area contributed by atoms with Crippen LogP contribution in [0.2, 0.25) is 0 Å². The van der Waals surface area contributed by atoms with Gasteiger partial charge < -0.3 is 9.64 Å². The predicted molar refractivity (Wildman–Crippen MR) is 116 cm³/mol. The number of hydrogen-bond donors (Lipinski definition) is 0. The molecule has 3 aromatic rings. The lowest BCUT2D eigenvalue weighted by molar-refractivity contribution is 0.0512. The number of hydrogen-bond acceptors (Lipinski definition) is 4. The van der Waals surface area contributed by atoms with Gasteiger partial charge in [0.2, 0.25) is 5.88 Å². The van der Waals surface area contributed by atoms with Gasteiger partial charge in [0.05, 0.1) is 30.1 Å². The van der Waals surface area contributed by atoms with Crippen molar-refractivity contribution in [1.29, 1.82) is 0 Å². The first-order chi connectivity index (χ1) is 16.2. The van der Waals surface area contributed by atoms with Crippen LogP contribution in [0.15, 0.2) is 24.4 Å². The van der Waals surface area contributed by atoms with Gasteiger partial charge in [0, 0.05) is 30.4 Å². The Morgan fingerprint density at radius 3 is 2.32 bits per heavy atom. The van der Waals surface area contributed by atoms with Crippen LogP contribution in [0.1, 0.15) is 54.3 Å². The maximum atomic E-state index is 14.3. The summed E-state index contributed by atoms with van der Waals surface area (Å²) >= 11 is 0. The number of aromatic nitrogens is 3. The fourth-order valence-corrected chi connectivity index (χ4v) is 4.71. The molecule has 0 N–H and O–H groups in total. The highest BCUT2D eigenvalue weighted by Gasteiger charge is 2.40. The average Bonchev–Trinajstić information content (AvgIpc) is 3.15. The highest BCUT2D eigenvalue weighted by atomic mass is 19.2. The van der Waals surface area contributed by atoms with Crippen LogP contribution in [0, 0.1) is 23.3 Å². The van der Waals surface area contributed by atoms with Crippen molar-refractivity contribution in [2.45, 2.75) is 45.2 Å². The Morgan fingerprint density at radius 2 is 1.76 bits per heavy atom. The molecule has 0 bridgehead atoms. The van der Waals surface area contributed by atoms with E-state index in [4.69, 9.17) is 4.74 Å². The molecule has 3 heterocycles. The Bertz CT molecular complexity index is 1240. The van der Waals surface area contributed by atoms with Gasteiger partial charge in [-0.15, -0.1) is 0 Å². The number of rotatable bonds is 5. The molecule has 0 spiro atoms. The number of amides is 1. The first-order valence-corrected chi connectivity index (χ1v) is 10.9. The monoisotopic (exact) mass is 476 g/mol. The van der Waals surface area contributed by atoms with E-state index < -0.39 is 35.2 Å². The third kappa shape index (κ3) is 3.80. The van der Waals surface area contributed by atoms with Crippen molar-refractivity contribution in [3.63, 3.8) is 0 Å². The summed E-state index contributed by atoms with van der Waals surface area (Å²) in [7, 11) is 2.92. The molecule has 0 aliphatic carbocycles. The minimum absolute atomic E-state index is 0.0810. The van der Waals surface area contributed by atoms with Gasteiger partial charge in [-0.3, -0.25) is 9.48 Å². The normalized spacial score (nSPS) is 17.6. The number of halogens is 4. The van der Waals surface area contributed by atoms with E-state index in [1.54, 1.807) is 11.9 Å². The van der Waals surface area contributed by atoms with E-state index in [-0.39, 0.29) is 23.0 Å². The van der Waals surface area contributed by atoms with Gasteiger partial charge in [-0.2, -0.15) is 5.10 Å². The Hall–Kier alpha value is -3.43. The van der Waals surface area contributed by atoms with Gasteiger partial charge in [0.1, 0.15) is 0 Å². The summed E-state index contributed by atoms with van der Waals surface area (Å²) in [5, 5.41) is 4.58. The van der Waals surface area contributed by atoms with Gasteiger partial charge in [-0.1, -0.05) is 13.8 Å². The number of methoxy groups -OCH3 is 1. The van der Waals surface area contributed by atoms with E-state index >= 15 is 0 Å².